The second-order valence-corrected chi connectivity index (χ2v) is 7.04. The smallest absolute Gasteiger partial charge is 0.337 e. The molecule has 1 amide bonds. The number of ether oxygens (including phenoxy) is 1. The van der Waals surface area contributed by atoms with Crippen LogP contribution < -0.4 is 5.32 Å². The number of nitrogens with one attached hydrogen (secondary N) is 1. The van der Waals surface area contributed by atoms with Gasteiger partial charge in [0.1, 0.15) is 12.2 Å². The maximum Gasteiger partial charge on any atom is 0.337 e. The standard InChI is InChI=1S/C23H22N4O4/c1-3-6-21-25-26-22(31-21)19-13-16-7-4-5-8-18(16)27(19)14-20(28)24-17-11-9-15(10-12-17)23(29)30-2/h4-5,7-13H,3,6,14H2,1-2H3,(H,24,28). The van der Waals surface area contributed by atoms with E-state index < -0.39 is 5.97 Å². The van der Waals surface area contributed by atoms with E-state index in [2.05, 4.69) is 15.5 Å². The summed E-state index contributed by atoms with van der Waals surface area (Å²) in [5, 5.41) is 12.1. The summed E-state index contributed by atoms with van der Waals surface area (Å²) in [6, 6.07) is 16.2. The Balaban J connectivity index is 1.59. The zero-order valence-electron chi connectivity index (χ0n) is 17.3. The van der Waals surface area contributed by atoms with Crippen LogP contribution >= 0.6 is 0 Å². The fourth-order valence-corrected chi connectivity index (χ4v) is 3.38. The van der Waals surface area contributed by atoms with E-state index >= 15 is 0 Å². The van der Waals surface area contributed by atoms with Gasteiger partial charge in [-0.25, -0.2) is 4.79 Å². The molecular formula is C23H22N4O4. The average Bonchev–Trinajstić information content (AvgIpc) is 3.39. The van der Waals surface area contributed by atoms with E-state index in [0.717, 1.165) is 17.3 Å². The number of anilines is 1. The third kappa shape index (κ3) is 4.32. The molecule has 2 heterocycles. The first kappa shape index (κ1) is 20.3. The summed E-state index contributed by atoms with van der Waals surface area (Å²) in [6.45, 7) is 2.11. The number of hydrogen-bond donors (Lipinski definition) is 1. The van der Waals surface area contributed by atoms with Gasteiger partial charge in [-0.05, 0) is 42.8 Å². The van der Waals surface area contributed by atoms with E-state index in [1.165, 1.54) is 7.11 Å². The molecule has 4 aromatic rings. The number of carbonyl (C=O) groups is 2. The maximum atomic E-state index is 12.8. The highest BCUT2D eigenvalue weighted by Gasteiger charge is 2.18. The third-order valence-corrected chi connectivity index (χ3v) is 4.85. The Labute approximate surface area is 178 Å². The van der Waals surface area contributed by atoms with Gasteiger partial charge in [0.25, 0.3) is 5.89 Å². The highest BCUT2D eigenvalue weighted by Crippen LogP contribution is 2.28. The number of hydrogen-bond acceptors (Lipinski definition) is 6. The molecule has 0 saturated heterocycles. The van der Waals surface area contributed by atoms with Crippen LogP contribution in [0.3, 0.4) is 0 Å². The van der Waals surface area contributed by atoms with Gasteiger partial charge in [-0.1, -0.05) is 25.1 Å². The fourth-order valence-electron chi connectivity index (χ4n) is 3.38. The molecule has 0 atom stereocenters. The molecule has 0 unspecified atom stereocenters. The van der Waals surface area contributed by atoms with Crippen molar-refractivity contribution in [2.75, 3.05) is 12.4 Å². The van der Waals surface area contributed by atoms with Gasteiger partial charge in [-0.15, -0.1) is 10.2 Å². The van der Waals surface area contributed by atoms with Crippen molar-refractivity contribution in [1.82, 2.24) is 14.8 Å². The number of esters is 1. The molecule has 2 aromatic heterocycles. The lowest BCUT2D eigenvalue weighted by Crippen LogP contribution is -2.19. The average molecular weight is 418 g/mol. The number of para-hydroxylation sites is 1. The van der Waals surface area contributed by atoms with Crippen molar-refractivity contribution in [3.05, 3.63) is 66.1 Å². The van der Waals surface area contributed by atoms with Crippen LogP contribution in [0.25, 0.3) is 22.5 Å². The number of methoxy groups -OCH3 is 1. The highest BCUT2D eigenvalue weighted by molar-refractivity contribution is 5.94. The Morgan fingerprint density at radius 1 is 1.10 bits per heavy atom. The SMILES string of the molecule is CCCc1nnc(-c2cc3ccccc3n2CC(=O)Nc2ccc(C(=O)OC)cc2)o1. The largest absolute Gasteiger partial charge is 0.465 e. The summed E-state index contributed by atoms with van der Waals surface area (Å²) in [5.74, 6) is 0.310. The highest BCUT2D eigenvalue weighted by atomic mass is 16.5. The molecule has 0 saturated carbocycles. The first-order chi connectivity index (χ1) is 15.1. The minimum atomic E-state index is -0.427. The molecule has 8 nitrogen and oxygen atoms in total. The number of amides is 1. The van der Waals surface area contributed by atoms with Crippen LogP contribution in [0, 0.1) is 0 Å². The Hall–Kier alpha value is -3.94. The molecule has 0 bridgehead atoms. The number of nitrogens with zero attached hydrogens (tertiary/aromatic N) is 3. The maximum absolute atomic E-state index is 12.8. The Morgan fingerprint density at radius 3 is 2.61 bits per heavy atom. The molecule has 158 valence electrons. The Kier molecular flexibility index (Phi) is 5.79. The Bertz CT molecular complexity index is 1220. The van der Waals surface area contributed by atoms with Gasteiger partial charge in [-0.2, -0.15) is 0 Å². The molecule has 0 radical (unpaired) electrons. The van der Waals surface area contributed by atoms with E-state index in [-0.39, 0.29) is 12.5 Å². The van der Waals surface area contributed by atoms with Gasteiger partial charge < -0.3 is 19.0 Å². The van der Waals surface area contributed by atoms with Crippen molar-refractivity contribution in [2.45, 2.75) is 26.3 Å². The molecule has 0 aliphatic carbocycles. The molecule has 31 heavy (non-hydrogen) atoms. The van der Waals surface area contributed by atoms with Gasteiger partial charge in [0.15, 0.2) is 0 Å². The molecule has 0 aliphatic heterocycles. The summed E-state index contributed by atoms with van der Waals surface area (Å²) in [4.78, 5) is 24.4. The molecule has 0 spiro atoms. The fraction of sp³-hybridized carbons (Fsp3) is 0.217. The second-order valence-electron chi connectivity index (χ2n) is 7.04. The van der Waals surface area contributed by atoms with Crippen molar-refractivity contribution < 1.29 is 18.7 Å². The topological polar surface area (TPSA) is 99.2 Å². The number of benzene rings is 2. The van der Waals surface area contributed by atoms with E-state index in [1.807, 2.05) is 41.8 Å². The summed E-state index contributed by atoms with van der Waals surface area (Å²) in [6.07, 6.45) is 1.61. The van der Waals surface area contributed by atoms with E-state index in [9.17, 15) is 9.59 Å². The monoisotopic (exact) mass is 418 g/mol. The van der Waals surface area contributed by atoms with Gasteiger partial charge in [0.2, 0.25) is 11.8 Å². The zero-order valence-corrected chi connectivity index (χ0v) is 17.3. The molecule has 8 heteroatoms. The minimum absolute atomic E-state index is 0.0626. The number of carbonyl (C=O) groups excluding carboxylic acids is 2. The van der Waals surface area contributed by atoms with Crippen molar-refractivity contribution in [3.8, 4) is 11.6 Å². The van der Waals surface area contributed by atoms with E-state index in [0.29, 0.717) is 35.1 Å². The van der Waals surface area contributed by atoms with Gasteiger partial charge in [0, 0.05) is 23.0 Å². The van der Waals surface area contributed by atoms with Crippen molar-refractivity contribution in [2.24, 2.45) is 0 Å². The zero-order chi connectivity index (χ0) is 21.8. The molecule has 2 aromatic carbocycles. The van der Waals surface area contributed by atoms with E-state index in [4.69, 9.17) is 9.15 Å². The van der Waals surface area contributed by atoms with Crippen LogP contribution in [0.2, 0.25) is 0 Å². The molecule has 0 fully saturated rings. The van der Waals surface area contributed by atoms with E-state index in [1.54, 1.807) is 24.3 Å². The molecule has 1 N–H and O–H groups in total. The van der Waals surface area contributed by atoms with Crippen LogP contribution in [-0.4, -0.2) is 33.8 Å². The number of aromatic nitrogens is 3. The lowest BCUT2D eigenvalue weighted by Gasteiger charge is -2.10. The predicted octanol–water partition coefficient (Wildman–Crippen LogP) is 4.07. The van der Waals surface area contributed by atoms with Crippen molar-refractivity contribution in [3.63, 3.8) is 0 Å². The quantitative estimate of drug-likeness (QED) is 0.454. The molecule has 4 rings (SSSR count). The summed E-state index contributed by atoms with van der Waals surface area (Å²) >= 11 is 0. The van der Waals surface area contributed by atoms with Crippen LogP contribution in [-0.2, 0) is 22.5 Å². The van der Waals surface area contributed by atoms with Crippen LogP contribution in [0.4, 0.5) is 5.69 Å². The van der Waals surface area contributed by atoms with Gasteiger partial charge in [0.05, 0.1) is 12.7 Å². The first-order valence-electron chi connectivity index (χ1n) is 9.98. The van der Waals surface area contributed by atoms with Crippen LogP contribution in [0.15, 0.2) is 59.0 Å². The Morgan fingerprint density at radius 2 is 1.87 bits per heavy atom. The number of fused-ring (bicyclic) bond motifs is 1. The van der Waals surface area contributed by atoms with Crippen LogP contribution in [0.5, 0.6) is 0 Å². The third-order valence-electron chi connectivity index (χ3n) is 4.85. The lowest BCUT2D eigenvalue weighted by atomic mass is 10.2. The summed E-state index contributed by atoms with van der Waals surface area (Å²) in [5.41, 5.74) is 2.58. The number of rotatable bonds is 7. The first-order valence-corrected chi connectivity index (χ1v) is 9.98. The van der Waals surface area contributed by atoms with Crippen molar-refractivity contribution >= 4 is 28.5 Å². The van der Waals surface area contributed by atoms with Gasteiger partial charge in [-0.3, -0.25) is 4.79 Å². The molecule has 0 aliphatic rings. The van der Waals surface area contributed by atoms with Crippen molar-refractivity contribution in [1.29, 1.82) is 0 Å². The van der Waals surface area contributed by atoms with Crippen LogP contribution in [0.1, 0.15) is 29.6 Å². The minimum Gasteiger partial charge on any atom is -0.465 e. The molecular weight excluding hydrogens is 396 g/mol. The second kappa shape index (κ2) is 8.83. The predicted molar refractivity (Wildman–Crippen MR) is 116 cm³/mol. The summed E-state index contributed by atoms with van der Waals surface area (Å²) in [7, 11) is 1.33. The van der Waals surface area contributed by atoms with Gasteiger partial charge >= 0.3 is 5.97 Å². The normalized spacial score (nSPS) is 10.9. The lowest BCUT2D eigenvalue weighted by molar-refractivity contribution is -0.116. The number of aryl methyl sites for hydroxylation is 1. The summed E-state index contributed by atoms with van der Waals surface area (Å²) < 4.78 is 12.4.